The fourth-order valence-electron chi connectivity index (χ4n) is 2.13. The third-order valence-electron chi connectivity index (χ3n) is 3.55. The number of hydrogen-bond acceptors (Lipinski definition) is 9. The van der Waals surface area contributed by atoms with Crippen molar-refractivity contribution >= 4 is 30.0 Å². The van der Waals surface area contributed by atoms with Gasteiger partial charge in [-0.05, 0) is 13.8 Å². The molecule has 1 aliphatic heterocycles. The molecule has 0 aliphatic carbocycles. The van der Waals surface area contributed by atoms with E-state index in [1.807, 2.05) is 13.8 Å². The van der Waals surface area contributed by atoms with Crippen LogP contribution in [0.15, 0.2) is 0 Å². The van der Waals surface area contributed by atoms with Gasteiger partial charge in [0.1, 0.15) is 13.2 Å². The van der Waals surface area contributed by atoms with E-state index < -0.39 is 35.9 Å². The smallest absolute Gasteiger partial charge is 0.407 e. The molecule has 12 nitrogen and oxygen atoms in total. The monoisotopic (exact) mass is 447 g/mol. The number of nitrogens with zero attached hydrogens (tertiary/aromatic N) is 1. The number of ether oxygens (including phenoxy) is 3. The number of imide groups is 1. The Morgan fingerprint density at radius 3 is 1.84 bits per heavy atom. The van der Waals surface area contributed by atoms with Crippen LogP contribution >= 0.6 is 0 Å². The molecular formula is C19H33N3O9. The van der Waals surface area contributed by atoms with Crippen LogP contribution in [-0.2, 0) is 33.4 Å². The summed E-state index contributed by atoms with van der Waals surface area (Å²) in [4.78, 5) is 62.0. The maximum atomic E-state index is 11.7. The molecule has 4 amide bonds. The summed E-state index contributed by atoms with van der Waals surface area (Å²) in [5.41, 5.74) is 0. The molecule has 0 aromatic heterocycles. The van der Waals surface area contributed by atoms with Gasteiger partial charge in [0.2, 0.25) is 0 Å². The van der Waals surface area contributed by atoms with Crippen molar-refractivity contribution < 1.29 is 43.0 Å². The van der Waals surface area contributed by atoms with E-state index in [0.717, 1.165) is 0 Å². The molecule has 0 aromatic carbocycles. The second kappa shape index (κ2) is 16.9. The molecule has 31 heavy (non-hydrogen) atoms. The fraction of sp³-hybridized carbons (Fsp3) is 0.737. The normalized spacial score (nSPS) is 12.7. The zero-order chi connectivity index (χ0) is 23.6. The Morgan fingerprint density at radius 2 is 1.39 bits per heavy atom. The van der Waals surface area contributed by atoms with Crippen molar-refractivity contribution in [2.75, 3.05) is 39.5 Å². The number of carbonyl (C=O) groups excluding carboxylic acids is 5. The quantitative estimate of drug-likeness (QED) is 0.331. The average Bonchev–Trinajstić information content (AvgIpc) is 3.06. The van der Waals surface area contributed by atoms with E-state index in [2.05, 4.69) is 10.6 Å². The van der Waals surface area contributed by atoms with E-state index in [-0.39, 0.29) is 45.7 Å². The van der Waals surface area contributed by atoms with Gasteiger partial charge in [0.05, 0.1) is 25.6 Å². The molecule has 0 bridgehead atoms. The van der Waals surface area contributed by atoms with Gasteiger partial charge in [-0.3, -0.25) is 9.59 Å². The summed E-state index contributed by atoms with van der Waals surface area (Å²) in [6.07, 6.45) is -1.39. The molecule has 12 heteroatoms. The Balaban J connectivity index is 0.00000436. The third-order valence-corrected chi connectivity index (χ3v) is 3.55. The molecule has 0 saturated carbocycles. The number of amides is 4. The molecule has 0 radical (unpaired) electrons. The minimum Gasteiger partial charge on any atom is -0.449 e. The van der Waals surface area contributed by atoms with Crippen molar-refractivity contribution in [3.8, 4) is 0 Å². The Morgan fingerprint density at radius 1 is 0.903 bits per heavy atom. The zero-order valence-corrected chi connectivity index (χ0v) is 18.6. The highest BCUT2D eigenvalue weighted by molar-refractivity contribution is 6.01. The number of carbonyl (C=O) groups is 5. The van der Waals surface area contributed by atoms with Gasteiger partial charge in [-0.25, -0.2) is 14.4 Å². The lowest BCUT2D eigenvalue weighted by Gasteiger charge is -2.18. The maximum Gasteiger partial charge on any atom is 0.407 e. The van der Waals surface area contributed by atoms with Crippen LogP contribution in [0.2, 0.25) is 0 Å². The number of alkyl carbamates (subject to hydrolysis) is 2. The summed E-state index contributed by atoms with van der Waals surface area (Å²) in [5, 5.41) is 5.40. The van der Waals surface area contributed by atoms with Gasteiger partial charge in [-0.15, -0.1) is 5.06 Å². The molecule has 0 aromatic rings. The number of hydrogen-bond donors (Lipinski definition) is 2. The standard InChI is InChI=1S/C17H27N3O9.C2H6/c1-3-18-16(24)27-10-12(11-28-17(25)19-4-2)9-26-8-7-15(23)29-20-13(21)5-6-14(20)22;1-2/h12H,3-11H2,1-2H3,(H,18,24)(H,19,25);1-2H3. The largest absolute Gasteiger partial charge is 0.449 e. The highest BCUT2D eigenvalue weighted by Gasteiger charge is 2.32. The average molecular weight is 447 g/mol. The van der Waals surface area contributed by atoms with Gasteiger partial charge in [0.25, 0.3) is 11.8 Å². The van der Waals surface area contributed by atoms with Crippen LogP contribution in [0, 0.1) is 5.92 Å². The summed E-state index contributed by atoms with van der Waals surface area (Å²) < 4.78 is 15.4. The van der Waals surface area contributed by atoms with Gasteiger partial charge in [-0.1, -0.05) is 13.8 Å². The molecule has 0 atom stereocenters. The van der Waals surface area contributed by atoms with E-state index in [1.54, 1.807) is 13.8 Å². The summed E-state index contributed by atoms with van der Waals surface area (Å²) in [6, 6.07) is 0. The highest BCUT2D eigenvalue weighted by Crippen LogP contribution is 2.12. The SMILES string of the molecule is CC.CCNC(=O)OCC(COCCC(=O)ON1C(=O)CCC1=O)COC(=O)NCC. The van der Waals surface area contributed by atoms with Crippen LogP contribution in [0.1, 0.15) is 47.0 Å². The lowest BCUT2D eigenvalue weighted by Crippen LogP contribution is -2.33. The van der Waals surface area contributed by atoms with Crippen molar-refractivity contribution in [1.82, 2.24) is 15.7 Å². The van der Waals surface area contributed by atoms with Crippen molar-refractivity contribution in [2.24, 2.45) is 5.92 Å². The van der Waals surface area contributed by atoms with Gasteiger partial charge in [0.15, 0.2) is 0 Å². The minimum atomic E-state index is -0.790. The Labute approximate surface area is 181 Å². The summed E-state index contributed by atoms with van der Waals surface area (Å²) >= 11 is 0. The van der Waals surface area contributed by atoms with Crippen molar-refractivity contribution in [3.05, 3.63) is 0 Å². The molecule has 1 heterocycles. The number of hydroxylamine groups is 2. The molecule has 0 spiro atoms. The zero-order valence-electron chi connectivity index (χ0n) is 18.6. The molecule has 0 unspecified atom stereocenters. The summed E-state index contributed by atoms with van der Waals surface area (Å²) in [7, 11) is 0. The summed E-state index contributed by atoms with van der Waals surface area (Å²) in [6.45, 7) is 8.13. The number of nitrogens with one attached hydrogen (secondary N) is 2. The third kappa shape index (κ3) is 12.4. The molecule has 1 fully saturated rings. The first kappa shape index (κ1) is 28.1. The van der Waals surface area contributed by atoms with Crippen LogP contribution in [-0.4, -0.2) is 74.6 Å². The highest BCUT2D eigenvalue weighted by atomic mass is 16.7. The molecule has 2 N–H and O–H groups in total. The minimum absolute atomic E-state index is 0.0154. The Bertz CT molecular complexity index is 560. The van der Waals surface area contributed by atoms with Gasteiger partial charge in [-0.2, -0.15) is 0 Å². The predicted octanol–water partition coefficient (Wildman–Crippen LogP) is 1.13. The van der Waals surface area contributed by atoms with Crippen molar-refractivity contribution in [1.29, 1.82) is 0 Å². The molecule has 1 aliphatic rings. The van der Waals surface area contributed by atoms with Crippen LogP contribution in [0.4, 0.5) is 9.59 Å². The van der Waals surface area contributed by atoms with Crippen LogP contribution < -0.4 is 10.6 Å². The van der Waals surface area contributed by atoms with E-state index >= 15 is 0 Å². The van der Waals surface area contributed by atoms with E-state index in [1.165, 1.54) is 0 Å². The first-order valence-corrected chi connectivity index (χ1v) is 10.3. The van der Waals surface area contributed by atoms with Gasteiger partial charge < -0.3 is 29.7 Å². The van der Waals surface area contributed by atoms with E-state index in [9.17, 15) is 24.0 Å². The molecular weight excluding hydrogens is 414 g/mol. The lowest BCUT2D eigenvalue weighted by molar-refractivity contribution is -0.198. The van der Waals surface area contributed by atoms with Gasteiger partial charge >= 0.3 is 18.2 Å². The Hall–Kier alpha value is -2.89. The molecule has 178 valence electrons. The van der Waals surface area contributed by atoms with Crippen LogP contribution in [0.25, 0.3) is 0 Å². The Kier molecular flexibility index (Phi) is 15.3. The molecule has 1 rings (SSSR count). The first-order chi connectivity index (χ1) is 14.9. The maximum absolute atomic E-state index is 11.7. The van der Waals surface area contributed by atoms with Crippen LogP contribution in [0.5, 0.6) is 0 Å². The summed E-state index contributed by atoms with van der Waals surface area (Å²) in [5.74, 6) is -2.37. The first-order valence-electron chi connectivity index (χ1n) is 10.3. The van der Waals surface area contributed by atoms with E-state index in [0.29, 0.717) is 18.2 Å². The molecule has 1 saturated heterocycles. The van der Waals surface area contributed by atoms with Crippen molar-refractivity contribution in [3.63, 3.8) is 0 Å². The fourth-order valence-corrected chi connectivity index (χ4v) is 2.13. The second-order valence-corrected chi connectivity index (χ2v) is 5.99. The van der Waals surface area contributed by atoms with Crippen LogP contribution in [0.3, 0.4) is 0 Å². The van der Waals surface area contributed by atoms with E-state index in [4.69, 9.17) is 19.0 Å². The number of rotatable bonds is 12. The lowest BCUT2D eigenvalue weighted by atomic mass is 10.2. The topological polar surface area (TPSA) is 150 Å². The van der Waals surface area contributed by atoms with Crippen molar-refractivity contribution in [2.45, 2.75) is 47.0 Å². The second-order valence-electron chi connectivity index (χ2n) is 5.99. The van der Waals surface area contributed by atoms with Gasteiger partial charge in [0, 0.05) is 25.9 Å². The predicted molar refractivity (Wildman–Crippen MR) is 108 cm³/mol.